The van der Waals surface area contributed by atoms with Gasteiger partial charge in [-0.15, -0.1) is 0 Å². The van der Waals surface area contributed by atoms with Crippen LogP contribution in [0, 0.1) is 12.8 Å². The lowest BCUT2D eigenvalue weighted by Gasteiger charge is -2.18. The van der Waals surface area contributed by atoms with Crippen LogP contribution in [-0.2, 0) is 39.2 Å². The second kappa shape index (κ2) is 14.9. The maximum Gasteiger partial charge on any atom is 0.287 e. The normalized spacial score (nSPS) is 11.7. The van der Waals surface area contributed by atoms with Gasteiger partial charge in [-0.25, -0.2) is 4.98 Å². The first-order chi connectivity index (χ1) is 18.5. The summed E-state index contributed by atoms with van der Waals surface area (Å²) in [6, 6.07) is 2.09. The van der Waals surface area contributed by atoms with E-state index < -0.39 is 35.0 Å². The van der Waals surface area contributed by atoms with E-state index in [2.05, 4.69) is 29.5 Å². The number of hydrogen-bond donors (Lipinski definition) is 2. The maximum atomic E-state index is 13.3. The van der Waals surface area contributed by atoms with Gasteiger partial charge in [-0.3, -0.25) is 28.8 Å². The molecule has 0 unspecified atom stereocenters. The van der Waals surface area contributed by atoms with E-state index in [1.807, 2.05) is 0 Å². The van der Waals surface area contributed by atoms with Gasteiger partial charge in [-0.2, -0.15) is 0 Å². The topological polar surface area (TPSA) is 149 Å². The molecule has 1 atom stereocenters. The second-order valence-electron chi connectivity index (χ2n) is 9.75. The second-order valence-corrected chi connectivity index (χ2v) is 9.75. The number of nitrogens with one attached hydrogen (secondary N) is 2. The minimum absolute atomic E-state index is 0.0513. The molecule has 212 valence electrons. The number of Topliss-reactive ketones (excluding diaryl/α,β-unsaturated/α-hetero) is 3. The van der Waals surface area contributed by atoms with Gasteiger partial charge in [-0.1, -0.05) is 32.8 Å². The summed E-state index contributed by atoms with van der Waals surface area (Å²) in [5.74, 6) is -2.19. The van der Waals surface area contributed by atoms with Gasteiger partial charge in [-0.05, 0) is 31.7 Å². The largest absolute Gasteiger partial charge is 0.353 e. The molecule has 0 bridgehead atoms. The molecular weight excluding hydrogens is 502 g/mol. The first kappa shape index (κ1) is 31.3. The lowest BCUT2D eigenvalue weighted by Crippen LogP contribution is -2.43. The highest BCUT2D eigenvalue weighted by atomic mass is 16.2. The van der Waals surface area contributed by atoms with Gasteiger partial charge in [0.15, 0.2) is 11.6 Å². The number of likely N-dealkylation sites (N-methyl/N-ethyl adjacent to an activating group) is 1. The van der Waals surface area contributed by atoms with E-state index >= 15 is 0 Å². The predicted molar refractivity (Wildman–Crippen MR) is 145 cm³/mol. The molecule has 0 aromatic carbocycles. The Labute approximate surface area is 228 Å². The number of aromatic nitrogens is 3. The van der Waals surface area contributed by atoms with E-state index in [1.165, 1.54) is 34.8 Å². The summed E-state index contributed by atoms with van der Waals surface area (Å²) in [7, 11) is 2.95. The van der Waals surface area contributed by atoms with Crippen molar-refractivity contribution in [2.75, 3.05) is 7.05 Å². The van der Waals surface area contributed by atoms with Gasteiger partial charge < -0.3 is 19.8 Å². The SMILES string of the molecule is CCC(CC)CCC(=O)Cn1c(C)ccc(CC(=O)[C@H](CCC(=O)C(=O)NC)NC(=O)c2cncn2C)c1=O. The average molecular weight is 542 g/mol. The molecule has 2 heterocycles. The third-order valence-corrected chi connectivity index (χ3v) is 7.04. The number of ketones is 3. The highest BCUT2D eigenvalue weighted by Gasteiger charge is 2.26. The van der Waals surface area contributed by atoms with Crippen molar-refractivity contribution in [3.05, 3.63) is 52.0 Å². The number of aryl methyl sites for hydroxylation is 2. The van der Waals surface area contributed by atoms with E-state index in [0.29, 0.717) is 18.0 Å². The molecule has 0 fully saturated rings. The van der Waals surface area contributed by atoms with Crippen LogP contribution in [0.5, 0.6) is 0 Å². The van der Waals surface area contributed by atoms with Crippen LogP contribution < -0.4 is 16.2 Å². The zero-order valence-corrected chi connectivity index (χ0v) is 23.4. The lowest BCUT2D eigenvalue weighted by atomic mass is 9.96. The molecular formula is C28H39N5O6. The van der Waals surface area contributed by atoms with Gasteiger partial charge in [0.05, 0.1) is 25.1 Å². The molecule has 0 saturated carbocycles. The van der Waals surface area contributed by atoms with Crippen molar-refractivity contribution in [3.63, 3.8) is 0 Å². The Kier molecular flexibility index (Phi) is 12.0. The van der Waals surface area contributed by atoms with Crippen molar-refractivity contribution in [2.45, 2.75) is 78.3 Å². The van der Waals surface area contributed by atoms with Crippen LogP contribution in [0.1, 0.15) is 74.1 Å². The van der Waals surface area contributed by atoms with Crippen LogP contribution in [0.2, 0.25) is 0 Å². The Morgan fingerprint density at radius 2 is 1.72 bits per heavy atom. The molecule has 2 N–H and O–H groups in total. The predicted octanol–water partition coefficient (Wildman–Crippen LogP) is 1.68. The Morgan fingerprint density at radius 1 is 1.03 bits per heavy atom. The zero-order chi connectivity index (χ0) is 29.1. The summed E-state index contributed by atoms with van der Waals surface area (Å²) in [5, 5.41) is 4.85. The molecule has 11 heteroatoms. The van der Waals surface area contributed by atoms with E-state index in [1.54, 1.807) is 20.0 Å². The van der Waals surface area contributed by atoms with E-state index in [9.17, 15) is 28.8 Å². The van der Waals surface area contributed by atoms with Crippen molar-refractivity contribution in [1.29, 1.82) is 0 Å². The molecule has 2 rings (SSSR count). The van der Waals surface area contributed by atoms with E-state index in [4.69, 9.17) is 0 Å². The van der Waals surface area contributed by atoms with Crippen molar-refractivity contribution < 1.29 is 24.0 Å². The van der Waals surface area contributed by atoms with E-state index in [-0.39, 0.29) is 42.8 Å². The Balaban J connectivity index is 2.22. The molecule has 2 aromatic heterocycles. The molecule has 0 spiro atoms. The van der Waals surface area contributed by atoms with Crippen LogP contribution in [0.3, 0.4) is 0 Å². The van der Waals surface area contributed by atoms with Crippen LogP contribution in [0.4, 0.5) is 0 Å². The van der Waals surface area contributed by atoms with Crippen LogP contribution in [0.15, 0.2) is 29.5 Å². The number of amides is 2. The number of pyridine rings is 1. The van der Waals surface area contributed by atoms with Gasteiger partial charge in [0.25, 0.3) is 17.4 Å². The number of nitrogens with zero attached hydrogens (tertiary/aromatic N) is 3. The van der Waals surface area contributed by atoms with Crippen molar-refractivity contribution in [3.8, 4) is 0 Å². The van der Waals surface area contributed by atoms with Crippen LogP contribution in [-0.4, -0.2) is 56.4 Å². The number of imidazole rings is 1. The summed E-state index contributed by atoms with van der Waals surface area (Å²) in [5.41, 5.74) is 0.535. The lowest BCUT2D eigenvalue weighted by molar-refractivity contribution is -0.137. The zero-order valence-electron chi connectivity index (χ0n) is 23.4. The van der Waals surface area contributed by atoms with Gasteiger partial charge in [0.1, 0.15) is 5.69 Å². The van der Waals surface area contributed by atoms with Crippen molar-refractivity contribution >= 4 is 29.2 Å². The first-order valence-electron chi connectivity index (χ1n) is 13.3. The molecule has 39 heavy (non-hydrogen) atoms. The summed E-state index contributed by atoms with van der Waals surface area (Å²) in [4.78, 5) is 79.6. The third-order valence-electron chi connectivity index (χ3n) is 7.04. The Hall–Kier alpha value is -3.89. The molecule has 0 aliphatic rings. The molecule has 11 nitrogen and oxygen atoms in total. The summed E-state index contributed by atoms with van der Waals surface area (Å²) in [6.45, 7) is 5.83. The summed E-state index contributed by atoms with van der Waals surface area (Å²) >= 11 is 0. The maximum absolute atomic E-state index is 13.3. The van der Waals surface area contributed by atoms with Crippen LogP contribution >= 0.6 is 0 Å². The number of hydrogen-bond acceptors (Lipinski definition) is 7. The van der Waals surface area contributed by atoms with E-state index in [0.717, 1.165) is 19.3 Å². The molecule has 2 aromatic rings. The third kappa shape index (κ3) is 8.83. The van der Waals surface area contributed by atoms with Crippen molar-refractivity contribution in [1.82, 2.24) is 24.8 Å². The highest BCUT2D eigenvalue weighted by Crippen LogP contribution is 2.15. The van der Waals surface area contributed by atoms with Gasteiger partial charge >= 0.3 is 0 Å². The quantitative estimate of drug-likeness (QED) is 0.307. The fourth-order valence-corrected chi connectivity index (χ4v) is 4.33. The van der Waals surface area contributed by atoms with Gasteiger partial charge in [0.2, 0.25) is 5.78 Å². The molecule has 2 amide bonds. The van der Waals surface area contributed by atoms with Gasteiger partial charge in [0, 0.05) is 44.6 Å². The standard InChI is InChI=1S/C28H39N5O6/c1-6-19(7-2)9-11-21(34)16-33-18(3)8-10-20(28(33)39)14-25(36)22(12-13-24(35)27(38)29-4)31-26(37)23-15-30-17-32(23)5/h8,10,15,17,19,22H,6-7,9,11-14,16H2,1-5H3,(H,29,38)(H,31,37)/t22-/m0/s1. The summed E-state index contributed by atoms with van der Waals surface area (Å²) < 4.78 is 2.85. The molecule has 0 aliphatic carbocycles. The fourth-order valence-electron chi connectivity index (χ4n) is 4.33. The van der Waals surface area contributed by atoms with Crippen molar-refractivity contribution in [2.24, 2.45) is 13.0 Å². The van der Waals surface area contributed by atoms with Crippen LogP contribution in [0.25, 0.3) is 0 Å². The number of carbonyl (C=O) groups is 5. The molecule has 0 radical (unpaired) electrons. The fraction of sp³-hybridized carbons (Fsp3) is 0.536. The smallest absolute Gasteiger partial charge is 0.287 e. The Bertz CT molecular complexity index is 1260. The minimum Gasteiger partial charge on any atom is -0.353 e. The minimum atomic E-state index is -1.13. The summed E-state index contributed by atoms with van der Waals surface area (Å²) in [6.07, 6.45) is 5.20. The first-order valence-corrected chi connectivity index (χ1v) is 13.3. The number of rotatable bonds is 16. The Morgan fingerprint density at radius 3 is 2.31 bits per heavy atom. The monoisotopic (exact) mass is 541 g/mol. The number of carbonyl (C=O) groups excluding carboxylic acids is 5. The highest BCUT2D eigenvalue weighted by molar-refractivity contribution is 6.36. The molecule has 0 aliphatic heterocycles. The molecule has 0 saturated heterocycles. The average Bonchev–Trinajstić information content (AvgIpc) is 3.36.